The third-order valence-electron chi connectivity index (χ3n) is 9.86. The van der Waals surface area contributed by atoms with Gasteiger partial charge in [-0.2, -0.15) is 13.2 Å². The molecule has 0 aromatic carbocycles. The number of hydrazine groups is 1. The number of nitrogens with zero attached hydrogens (tertiary/aromatic N) is 4. The maximum absolute atomic E-state index is 14.2. The zero-order chi connectivity index (χ0) is 27.3. The summed E-state index contributed by atoms with van der Waals surface area (Å²) in [6.45, 7) is 2.60. The molecule has 3 unspecified atom stereocenters. The molecule has 2 aromatic rings. The Morgan fingerprint density at radius 2 is 1.87 bits per heavy atom. The quantitative estimate of drug-likeness (QED) is 0.547. The van der Waals surface area contributed by atoms with Crippen LogP contribution in [0.2, 0.25) is 0 Å². The topological polar surface area (TPSA) is 66.2 Å². The van der Waals surface area contributed by atoms with Crippen molar-refractivity contribution in [2.75, 3.05) is 33.9 Å². The van der Waals surface area contributed by atoms with Gasteiger partial charge in [-0.15, -0.1) is 0 Å². The van der Waals surface area contributed by atoms with Gasteiger partial charge in [-0.3, -0.25) is 18.8 Å². The van der Waals surface area contributed by atoms with Crippen molar-refractivity contribution >= 4 is 5.52 Å². The Hall–Kier alpha value is -1.92. The van der Waals surface area contributed by atoms with Crippen LogP contribution in [0.5, 0.6) is 0 Å². The fourth-order valence-electron chi connectivity index (χ4n) is 7.63. The molecule has 6 rings (SSSR count). The molecule has 2 aliphatic carbocycles. The molecule has 4 fully saturated rings. The lowest BCUT2D eigenvalue weighted by molar-refractivity contribution is -0.136. The molecule has 39 heavy (non-hydrogen) atoms. The molecule has 0 amide bonds. The van der Waals surface area contributed by atoms with E-state index in [2.05, 4.69) is 27.7 Å². The second-order valence-corrected chi connectivity index (χ2v) is 12.2. The smallest absolute Gasteiger partial charge is 0.380 e. The highest BCUT2D eigenvalue weighted by atomic mass is 19.4. The highest BCUT2D eigenvalue weighted by Gasteiger charge is 2.44. The SMILES string of the molecule is CO[C@@H]1CCN(Cc2cc(C(F)(F)F)c3cn(C4CCCC([C@@H](C5CCC5)C5NNCN5C)C4)c(=O)n3c2)C1. The van der Waals surface area contributed by atoms with Crippen LogP contribution in [0, 0.1) is 17.8 Å². The second-order valence-electron chi connectivity index (χ2n) is 12.2. The van der Waals surface area contributed by atoms with Crippen LogP contribution in [0.15, 0.2) is 23.3 Å². The van der Waals surface area contributed by atoms with E-state index in [1.54, 1.807) is 17.9 Å². The Kier molecular flexibility index (Phi) is 7.56. The number of rotatable bonds is 7. The van der Waals surface area contributed by atoms with Gasteiger partial charge in [0.25, 0.3) is 0 Å². The molecule has 0 radical (unpaired) electrons. The largest absolute Gasteiger partial charge is 0.418 e. The third kappa shape index (κ3) is 5.28. The molecule has 8 nitrogen and oxygen atoms in total. The van der Waals surface area contributed by atoms with Gasteiger partial charge < -0.3 is 4.74 Å². The van der Waals surface area contributed by atoms with E-state index in [1.165, 1.54) is 35.9 Å². The average molecular weight is 551 g/mol. The first kappa shape index (κ1) is 27.3. The van der Waals surface area contributed by atoms with Crippen molar-refractivity contribution in [2.24, 2.45) is 17.8 Å². The third-order valence-corrected chi connectivity index (χ3v) is 9.86. The standard InChI is InChI=1S/C28H41F3N6O2/c1-34-17-32-33-26(34)25(19-5-3-6-19)20-7-4-8-21(12-20)36-16-24-23(28(29,30)31)11-18(14-37(24)27(36)38)13-35-10-9-22(15-35)39-2/h11,14,16,19-22,25-26,32-33H,3-10,12-13,15,17H2,1-2H3/t20?,21?,22-,25-,26?/m1/s1. The summed E-state index contributed by atoms with van der Waals surface area (Å²) in [6.07, 6.45) is 7.17. The number of fused-ring (bicyclic) bond motifs is 1. The van der Waals surface area contributed by atoms with E-state index in [-0.39, 0.29) is 29.5 Å². The molecule has 4 heterocycles. The molecule has 2 saturated heterocycles. The molecule has 2 N–H and O–H groups in total. The Labute approximate surface area is 227 Å². The minimum absolute atomic E-state index is 0.0495. The Balaban J connectivity index is 1.30. The Bertz CT molecular complexity index is 1220. The van der Waals surface area contributed by atoms with Crippen LogP contribution in [-0.4, -0.2) is 65.0 Å². The zero-order valence-corrected chi connectivity index (χ0v) is 22.9. The number of likely N-dealkylation sites (tertiary alicyclic amines) is 1. The Morgan fingerprint density at radius 3 is 2.51 bits per heavy atom. The number of ether oxygens (including phenoxy) is 1. The highest BCUT2D eigenvalue weighted by molar-refractivity contribution is 5.56. The van der Waals surface area contributed by atoms with Gasteiger partial charge in [0.15, 0.2) is 0 Å². The van der Waals surface area contributed by atoms with E-state index >= 15 is 0 Å². The van der Waals surface area contributed by atoms with Crippen LogP contribution in [0.4, 0.5) is 13.2 Å². The first-order valence-electron chi connectivity index (χ1n) is 14.5. The maximum atomic E-state index is 14.2. The van der Waals surface area contributed by atoms with Crippen molar-refractivity contribution in [1.29, 1.82) is 0 Å². The predicted octanol–water partition coefficient (Wildman–Crippen LogP) is 3.81. The van der Waals surface area contributed by atoms with Crippen LogP contribution in [-0.2, 0) is 17.5 Å². The van der Waals surface area contributed by atoms with Crippen molar-refractivity contribution in [3.8, 4) is 0 Å². The lowest BCUT2D eigenvalue weighted by Gasteiger charge is -2.46. The molecule has 216 valence electrons. The van der Waals surface area contributed by atoms with Crippen molar-refractivity contribution < 1.29 is 17.9 Å². The number of pyridine rings is 1. The van der Waals surface area contributed by atoms with Gasteiger partial charge in [-0.05, 0) is 62.1 Å². The maximum Gasteiger partial charge on any atom is 0.418 e. The average Bonchev–Trinajstić information content (AvgIpc) is 3.60. The van der Waals surface area contributed by atoms with E-state index in [1.807, 2.05) is 0 Å². The number of methoxy groups -OCH3 is 1. The van der Waals surface area contributed by atoms with Crippen molar-refractivity contribution in [3.63, 3.8) is 0 Å². The van der Waals surface area contributed by atoms with E-state index in [9.17, 15) is 18.0 Å². The van der Waals surface area contributed by atoms with Crippen molar-refractivity contribution in [3.05, 3.63) is 40.1 Å². The van der Waals surface area contributed by atoms with Gasteiger partial charge in [0.1, 0.15) is 0 Å². The summed E-state index contributed by atoms with van der Waals surface area (Å²) >= 11 is 0. The molecule has 11 heteroatoms. The van der Waals surface area contributed by atoms with Crippen LogP contribution >= 0.6 is 0 Å². The number of alkyl halides is 3. The number of imidazole rings is 1. The van der Waals surface area contributed by atoms with Gasteiger partial charge in [-0.1, -0.05) is 25.7 Å². The minimum atomic E-state index is -4.55. The van der Waals surface area contributed by atoms with E-state index < -0.39 is 11.7 Å². The molecule has 2 aromatic heterocycles. The van der Waals surface area contributed by atoms with E-state index in [0.29, 0.717) is 36.4 Å². The van der Waals surface area contributed by atoms with E-state index in [4.69, 9.17) is 4.74 Å². The lowest BCUT2D eigenvalue weighted by atomic mass is 9.65. The van der Waals surface area contributed by atoms with Crippen LogP contribution in [0.25, 0.3) is 5.52 Å². The molecule has 0 bridgehead atoms. The van der Waals surface area contributed by atoms with Gasteiger partial charge in [0.2, 0.25) is 0 Å². The number of halogens is 3. The number of hydrogen-bond donors (Lipinski definition) is 2. The minimum Gasteiger partial charge on any atom is -0.380 e. The number of aromatic nitrogens is 2. The Morgan fingerprint density at radius 1 is 1.10 bits per heavy atom. The summed E-state index contributed by atoms with van der Waals surface area (Å²) < 4.78 is 51.0. The van der Waals surface area contributed by atoms with Crippen molar-refractivity contribution in [2.45, 2.75) is 82.4 Å². The summed E-state index contributed by atoms with van der Waals surface area (Å²) in [5, 5.41) is 0. The fraction of sp³-hybridized carbons (Fsp3) is 0.750. The molecule has 0 spiro atoms. The fourth-order valence-corrected chi connectivity index (χ4v) is 7.63. The summed E-state index contributed by atoms with van der Waals surface area (Å²) in [5.41, 5.74) is 6.10. The first-order valence-corrected chi connectivity index (χ1v) is 14.5. The van der Waals surface area contributed by atoms with Gasteiger partial charge in [-0.25, -0.2) is 15.6 Å². The van der Waals surface area contributed by atoms with Gasteiger partial charge >= 0.3 is 11.9 Å². The lowest BCUT2D eigenvalue weighted by Crippen LogP contribution is -2.50. The molecule has 2 saturated carbocycles. The van der Waals surface area contributed by atoms with E-state index in [0.717, 1.165) is 45.3 Å². The van der Waals surface area contributed by atoms with Crippen LogP contribution in [0.3, 0.4) is 0 Å². The summed E-state index contributed by atoms with van der Waals surface area (Å²) in [5.74, 6) is 1.54. The second kappa shape index (κ2) is 10.8. The monoisotopic (exact) mass is 550 g/mol. The van der Waals surface area contributed by atoms with Gasteiger partial charge in [0.05, 0.1) is 30.0 Å². The van der Waals surface area contributed by atoms with Crippen LogP contribution in [0.1, 0.15) is 68.5 Å². The highest BCUT2D eigenvalue weighted by Crippen LogP contribution is 2.47. The normalized spacial score (nSPS) is 30.3. The molecule has 2 aliphatic heterocycles. The van der Waals surface area contributed by atoms with Crippen molar-refractivity contribution in [1.82, 2.24) is 29.6 Å². The molecule has 4 aliphatic rings. The number of hydrogen-bond acceptors (Lipinski definition) is 6. The number of nitrogens with one attached hydrogen (secondary N) is 2. The zero-order valence-electron chi connectivity index (χ0n) is 22.9. The summed E-state index contributed by atoms with van der Waals surface area (Å²) in [4.78, 5) is 18.1. The molecular formula is C28H41F3N6O2. The van der Waals surface area contributed by atoms with Crippen LogP contribution < -0.4 is 16.5 Å². The first-order chi connectivity index (χ1) is 18.7. The summed E-state index contributed by atoms with van der Waals surface area (Å²) in [6, 6.07) is 1.13. The molecular weight excluding hydrogens is 509 g/mol. The molecule has 5 atom stereocenters. The summed E-state index contributed by atoms with van der Waals surface area (Å²) in [7, 11) is 3.79. The predicted molar refractivity (Wildman–Crippen MR) is 142 cm³/mol. The van der Waals surface area contributed by atoms with Gasteiger partial charge in [0, 0.05) is 45.2 Å².